The van der Waals surface area contributed by atoms with Crippen LogP contribution in [0.15, 0.2) is 29.1 Å². The molecule has 30 heavy (non-hydrogen) atoms. The number of nitrogens with zero attached hydrogens (tertiary/aromatic N) is 2. The van der Waals surface area contributed by atoms with Crippen molar-refractivity contribution in [2.45, 2.75) is 39.0 Å². The topological polar surface area (TPSA) is 82.8 Å². The van der Waals surface area contributed by atoms with Crippen LogP contribution < -0.4 is 10.4 Å². The molecule has 2 aromatic rings. The van der Waals surface area contributed by atoms with Gasteiger partial charge >= 0.3 is 5.69 Å². The average Bonchev–Trinajstić information content (AvgIpc) is 2.76. The van der Waals surface area contributed by atoms with Gasteiger partial charge in [-0.1, -0.05) is 31.8 Å². The van der Waals surface area contributed by atoms with Gasteiger partial charge in [-0.3, -0.25) is 4.57 Å². The molecular formula is C23H26N2O5. The Hall–Kier alpha value is -2.66. The Bertz CT molecular complexity index is 1030. The highest BCUT2D eigenvalue weighted by molar-refractivity contribution is 5.68. The standard InChI is InChI=1S/C23H26N2O5/c1-15(2)21(26)6-4-16-3-5-19-17(11-16)7-8-25-20(19)12-22(24-23(25)27)30-14-18-13-28-9-10-29-18/h3,5,11-12,15,18,21,26H,7-10,13-14H2,1-2H3. The molecule has 0 aliphatic carbocycles. The van der Waals surface area contributed by atoms with Gasteiger partial charge in [-0.15, -0.1) is 0 Å². The van der Waals surface area contributed by atoms with Crippen molar-refractivity contribution in [3.05, 3.63) is 45.9 Å². The van der Waals surface area contributed by atoms with E-state index in [-0.39, 0.29) is 30.2 Å². The number of hydrogen-bond donors (Lipinski definition) is 1. The van der Waals surface area contributed by atoms with Crippen molar-refractivity contribution in [3.63, 3.8) is 0 Å². The van der Waals surface area contributed by atoms with Crippen LogP contribution in [-0.4, -0.2) is 53.3 Å². The third-order valence-corrected chi connectivity index (χ3v) is 5.27. The van der Waals surface area contributed by atoms with Gasteiger partial charge in [0.2, 0.25) is 5.88 Å². The van der Waals surface area contributed by atoms with E-state index in [1.165, 1.54) is 0 Å². The van der Waals surface area contributed by atoms with Crippen LogP contribution in [0, 0.1) is 17.8 Å². The Morgan fingerprint density at radius 2 is 2.20 bits per heavy atom. The maximum Gasteiger partial charge on any atom is 0.351 e. The molecule has 3 heterocycles. The lowest BCUT2D eigenvalue weighted by molar-refractivity contribution is -0.102. The summed E-state index contributed by atoms with van der Waals surface area (Å²) in [4.78, 5) is 16.6. The Kier molecular flexibility index (Phi) is 6.18. The zero-order valence-electron chi connectivity index (χ0n) is 17.3. The van der Waals surface area contributed by atoms with E-state index in [0.29, 0.717) is 26.4 Å². The molecule has 7 heteroatoms. The molecule has 0 radical (unpaired) electrons. The number of fused-ring (bicyclic) bond motifs is 3. The average molecular weight is 410 g/mol. The lowest BCUT2D eigenvalue weighted by Gasteiger charge is -2.24. The van der Waals surface area contributed by atoms with E-state index < -0.39 is 6.10 Å². The SMILES string of the molecule is CC(C)C(O)C#Cc1ccc2c(c1)CCn1c-2cc(OCC2COCCO2)nc1=O. The second-order valence-electron chi connectivity index (χ2n) is 7.87. The number of aliphatic hydroxyl groups is 1. The summed E-state index contributed by atoms with van der Waals surface area (Å²) in [5, 5.41) is 9.91. The molecule has 1 N–H and O–H groups in total. The van der Waals surface area contributed by atoms with E-state index in [2.05, 4.69) is 16.8 Å². The van der Waals surface area contributed by atoms with Crippen LogP contribution >= 0.6 is 0 Å². The molecule has 2 aliphatic rings. The van der Waals surface area contributed by atoms with Gasteiger partial charge in [-0.2, -0.15) is 4.98 Å². The van der Waals surface area contributed by atoms with Crippen molar-refractivity contribution >= 4 is 0 Å². The highest BCUT2D eigenvalue weighted by Gasteiger charge is 2.21. The smallest absolute Gasteiger partial charge is 0.351 e. The Balaban J connectivity index is 1.57. The quantitative estimate of drug-likeness (QED) is 0.772. The molecule has 1 aromatic carbocycles. The van der Waals surface area contributed by atoms with Gasteiger partial charge in [-0.25, -0.2) is 4.79 Å². The lowest BCUT2D eigenvalue weighted by Crippen LogP contribution is -2.34. The van der Waals surface area contributed by atoms with Crippen molar-refractivity contribution in [3.8, 4) is 29.0 Å². The number of aromatic nitrogens is 2. The first-order chi connectivity index (χ1) is 14.5. The minimum atomic E-state index is -0.648. The molecule has 2 atom stereocenters. The fraction of sp³-hybridized carbons (Fsp3) is 0.478. The summed E-state index contributed by atoms with van der Waals surface area (Å²) in [6.45, 7) is 6.32. The molecular weight excluding hydrogens is 384 g/mol. The molecule has 0 amide bonds. The summed E-state index contributed by atoms with van der Waals surface area (Å²) in [5.74, 6) is 6.31. The molecule has 2 unspecified atom stereocenters. The van der Waals surface area contributed by atoms with Crippen molar-refractivity contribution in [1.29, 1.82) is 0 Å². The van der Waals surface area contributed by atoms with E-state index >= 15 is 0 Å². The highest BCUT2D eigenvalue weighted by atomic mass is 16.6. The van der Waals surface area contributed by atoms with E-state index in [1.807, 2.05) is 32.0 Å². The highest BCUT2D eigenvalue weighted by Crippen LogP contribution is 2.30. The largest absolute Gasteiger partial charge is 0.475 e. The molecule has 1 saturated heterocycles. The lowest BCUT2D eigenvalue weighted by atomic mass is 9.95. The predicted octanol–water partition coefficient (Wildman–Crippen LogP) is 1.63. The molecule has 4 rings (SSSR count). The number of benzene rings is 1. The second kappa shape index (κ2) is 9.00. The van der Waals surface area contributed by atoms with Crippen molar-refractivity contribution < 1.29 is 19.3 Å². The maximum absolute atomic E-state index is 12.5. The predicted molar refractivity (Wildman–Crippen MR) is 111 cm³/mol. The second-order valence-corrected chi connectivity index (χ2v) is 7.87. The van der Waals surface area contributed by atoms with Gasteiger partial charge in [0.05, 0.1) is 25.5 Å². The summed E-state index contributed by atoms with van der Waals surface area (Å²) in [6.07, 6.45) is -0.0850. The Labute approximate surface area is 175 Å². The fourth-order valence-electron chi connectivity index (χ4n) is 3.49. The maximum atomic E-state index is 12.5. The summed E-state index contributed by atoms with van der Waals surface area (Å²) >= 11 is 0. The minimum Gasteiger partial charge on any atom is -0.475 e. The minimum absolute atomic E-state index is 0.0883. The fourth-order valence-corrected chi connectivity index (χ4v) is 3.49. The molecule has 158 valence electrons. The Morgan fingerprint density at radius 1 is 1.33 bits per heavy atom. The first-order valence-corrected chi connectivity index (χ1v) is 10.3. The first kappa shape index (κ1) is 20.6. The van der Waals surface area contributed by atoms with Crippen LogP contribution in [0.1, 0.15) is 25.0 Å². The number of aliphatic hydroxyl groups excluding tert-OH is 1. The van der Waals surface area contributed by atoms with Crippen LogP contribution in [0.25, 0.3) is 11.3 Å². The summed E-state index contributed by atoms with van der Waals surface area (Å²) in [7, 11) is 0. The van der Waals surface area contributed by atoms with Crippen LogP contribution in [0.3, 0.4) is 0 Å². The van der Waals surface area contributed by atoms with Gasteiger partial charge in [-0.05, 0) is 30.0 Å². The van der Waals surface area contributed by atoms with Crippen LogP contribution in [0.2, 0.25) is 0 Å². The van der Waals surface area contributed by atoms with Crippen molar-refractivity contribution in [2.24, 2.45) is 5.92 Å². The third kappa shape index (κ3) is 4.57. The van der Waals surface area contributed by atoms with E-state index in [4.69, 9.17) is 14.2 Å². The zero-order chi connectivity index (χ0) is 21.1. The van der Waals surface area contributed by atoms with Crippen molar-refractivity contribution in [2.75, 3.05) is 26.4 Å². The van der Waals surface area contributed by atoms with Gasteiger partial charge in [0.15, 0.2) is 0 Å². The van der Waals surface area contributed by atoms with Gasteiger partial charge in [0.1, 0.15) is 18.8 Å². The normalized spacial score (nSPS) is 18.7. The summed E-state index contributed by atoms with van der Waals surface area (Å²) < 4.78 is 18.4. The van der Waals surface area contributed by atoms with Gasteiger partial charge in [0.25, 0.3) is 0 Å². The number of ether oxygens (including phenoxy) is 3. The zero-order valence-corrected chi connectivity index (χ0v) is 17.3. The molecule has 1 fully saturated rings. The van der Waals surface area contributed by atoms with Gasteiger partial charge in [0, 0.05) is 23.7 Å². The van der Waals surface area contributed by atoms with Crippen molar-refractivity contribution in [1.82, 2.24) is 9.55 Å². The van der Waals surface area contributed by atoms with Crippen LogP contribution in [-0.2, 0) is 22.4 Å². The van der Waals surface area contributed by atoms with E-state index in [9.17, 15) is 9.90 Å². The van der Waals surface area contributed by atoms with E-state index in [1.54, 1.807) is 10.6 Å². The van der Waals surface area contributed by atoms with Crippen LogP contribution in [0.4, 0.5) is 0 Å². The number of rotatable bonds is 4. The van der Waals surface area contributed by atoms with Crippen LogP contribution in [0.5, 0.6) is 5.88 Å². The third-order valence-electron chi connectivity index (χ3n) is 5.27. The molecule has 0 spiro atoms. The summed E-state index contributed by atoms with van der Waals surface area (Å²) in [5.41, 5.74) is 3.40. The summed E-state index contributed by atoms with van der Waals surface area (Å²) in [6, 6.07) is 7.70. The molecule has 7 nitrogen and oxygen atoms in total. The molecule has 0 saturated carbocycles. The first-order valence-electron chi connectivity index (χ1n) is 10.3. The molecule has 0 bridgehead atoms. The van der Waals surface area contributed by atoms with Gasteiger partial charge < -0.3 is 19.3 Å². The monoisotopic (exact) mass is 410 g/mol. The molecule has 2 aliphatic heterocycles. The van der Waals surface area contributed by atoms with E-state index in [0.717, 1.165) is 28.8 Å². The number of hydrogen-bond acceptors (Lipinski definition) is 6. The molecule has 1 aromatic heterocycles. The number of aryl methyl sites for hydroxylation is 1. The Morgan fingerprint density at radius 3 is 2.97 bits per heavy atom.